The first-order valence-corrected chi connectivity index (χ1v) is 8.69. The van der Waals surface area contributed by atoms with Gasteiger partial charge >= 0.3 is 0 Å². The minimum Gasteiger partial charge on any atom is -0.252 e. The molecule has 0 aromatic carbocycles. The van der Waals surface area contributed by atoms with Gasteiger partial charge in [-0.3, -0.25) is 4.68 Å². The Morgan fingerprint density at radius 1 is 1.39 bits per heavy atom. The van der Waals surface area contributed by atoms with Crippen molar-refractivity contribution in [2.75, 3.05) is 12.0 Å². The number of hydrogen-bond acceptors (Lipinski definition) is 3. The van der Waals surface area contributed by atoms with E-state index in [1.165, 1.54) is 10.9 Å². The van der Waals surface area contributed by atoms with Crippen LogP contribution in [0.25, 0.3) is 0 Å². The van der Waals surface area contributed by atoms with Crippen LogP contribution in [0.4, 0.5) is 0 Å². The van der Waals surface area contributed by atoms with Gasteiger partial charge in [-0.25, -0.2) is 8.42 Å². The summed E-state index contributed by atoms with van der Waals surface area (Å²) in [7, 11) is -3.02. The molecule has 0 radical (unpaired) electrons. The lowest BCUT2D eigenvalue weighted by Crippen LogP contribution is -2.12. The molecule has 0 aliphatic heterocycles. The number of rotatable bonds is 6. The van der Waals surface area contributed by atoms with Crippen LogP contribution in [0, 0.1) is 5.92 Å². The van der Waals surface area contributed by atoms with E-state index < -0.39 is 9.84 Å². The number of hydrogen-bond donors (Lipinski definition) is 0. The standard InChI is InChI=1S/C11H18Cl2N2O2S/c1-8(2)6-10-9(7-12)11(13)15(14-10)4-5-18(3,16)17/h8H,4-7H2,1-3H3. The number of nitrogens with zero attached hydrogens (tertiary/aromatic N) is 2. The second kappa shape index (κ2) is 6.26. The zero-order chi connectivity index (χ0) is 13.9. The zero-order valence-corrected chi connectivity index (χ0v) is 13.1. The van der Waals surface area contributed by atoms with Crippen molar-refractivity contribution < 1.29 is 8.42 Å². The van der Waals surface area contributed by atoms with E-state index in [1.807, 2.05) is 0 Å². The molecule has 0 atom stereocenters. The van der Waals surface area contributed by atoms with Crippen LogP contribution in [0.3, 0.4) is 0 Å². The summed E-state index contributed by atoms with van der Waals surface area (Å²) in [6.07, 6.45) is 1.98. The van der Waals surface area contributed by atoms with Crippen molar-refractivity contribution in [1.82, 2.24) is 9.78 Å². The SMILES string of the molecule is CC(C)Cc1nn(CCS(C)(=O)=O)c(Cl)c1CCl. The summed E-state index contributed by atoms with van der Waals surface area (Å²) in [6.45, 7) is 4.43. The molecule has 0 N–H and O–H groups in total. The average Bonchev–Trinajstić information content (AvgIpc) is 2.50. The van der Waals surface area contributed by atoms with E-state index in [0.717, 1.165) is 17.7 Å². The maximum atomic E-state index is 11.1. The smallest absolute Gasteiger partial charge is 0.149 e. The first-order chi connectivity index (χ1) is 8.24. The van der Waals surface area contributed by atoms with Gasteiger partial charge in [0.25, 0.3) is 0 Å². The Hall–Kier alpha value is -0.260. The Bertz CT molecular complexity index is 509. The van der Waals surface area contributed by atoms with Gasteiger partial charge in [0.2, 0.25) is 0 Å². The Morgan fingerprint density at radius 3 is 2.44 bits per heavy atom. The molecule has 0 fully saturated rings. The largest absolute Gasteiger partial charge is 0.252 e. The van der Waals surface area contributed by atoms with E-state index in [0.29, 0.717) is 17.0 Å². The minimum atomic E-state index is -3.02. The van der Waals surface area contributed by atoms with Crippen LogP contribution in [0.2, 0.25) is 5.15 Å². The molecule has 7 heteroatoms. The summed E-state index contributed by atoms with van der Waals surface area (Å²) in [6, 6.07) is 0. The van der Waals surface area contributed by atoms with Gasteiger partial charge in [-0.1, -0.05) is 25.4 Å². The van der Waals surface area contributed by atoms with E-state index in [9.17, 15) is 8.42 Å². The fourth-order valence-electron chi connectivity index (χ4n) is 1.61. The first-order valence-electron chi connectivity index (χ1n) is 5.72. The van der Waals surface area contributed by atoms with Crippen LogP contribution >= 0.6 is 23.2 Å². The predicted molar refractivity (Wildman–Crippen MR) is 75.0 cm³/mol. The molecule has 0 aliphatic carbocycles. The van der Waals surface area contributed by atoms with E-state index in [1.54, 1.807) is 0 Å². The Kier molecular flexibility index (Phi) is 5.49. The molecule has 1 heterocycles. The fraction of sp³-hybridized carbons (Fsp3) is 0.727. The molecule has 0 amide bonds. The van der Waals surface area contributed by atoms with Crippen LogP contribution in [0.15, 0.2) is 0 Å². The highest BCUT2D eigenvalue weighted by atomic mass is 35.5. The van der Waals surface area contributed by atoms with E-state index in [-0.39, 0.29) is 12.3 Å². The average molecular weight is 313 g/mol. The zero-order valence-electron chi connectivity index (χ0n) is 10.8. The second-order valence-electron chi connectivity index (χ2n) is 4.80. The molecule has 0 unspecified atom stereocenters. The molecule has 1 aromatic rings. The lowest BCUT2D eigenvalue weighted by atomic mass is 10.1. The number of alkyl halides is 1. The lowest BCUT2D eigenvalue weighted by molar-refractivity contribution is 0.577. The molecule has 1 aromatic heterocycles. The van der Waals surface area contributed by atoms with E-state index in [2.05, 4.69) is 18.9 Å². The Balaban J connectivity index is 2.96. The molecular weight excluding hydrogens is 295 g/mol. The van der Waals surface area contributed by atoms with Crippen molar-refractivity contribution >= 4 is 33.0 Å². The number of sulfone groups is 1. The number of aromatic nitrogens is 2. The maximum Gasteiger partial charge on any atom is 0.149 e. The molecular formula is C11H18Cl2N2O2S. The summed E-state index contributed by atoms with van der Waals surface area (Å²) in [5.41, 5.74) is 1.67. The lowest BCUT2D eigenvalue weighted by Gasteiger charge is -2.02. The molecule has 104 valence electrons. The maximum absolute atomic E-state index is 11.1. The molecule has 0 aliphatic rings. The molecule has 0 bridgehead atoms. The summed E-state index contributed by atoms with van der Waals surface area (Å²) < 4.78 is 23.8. The third-order valence-corrected chi connectivity index (χ3v) is 4.09. The van der Waals surface area contributed by atoms with Gasteiger partial charge in [0.15, 0.2) is 0 Å². The van der Waals surface area contributed by atoms with Gasteiger partial charge in [0, 0.05) is 11.8 Å². The molecule has 0 saturated carbocycles. The van der Waals surface area contributed by atoms with Crippen LogP contribution in [-0.4, -0.2) is 30.2 Å². The van der Waals surface area contributed by atoms with Gasteiger partial charge in [0.05, 0.1) is 23.9 Å². The topological polar surface area (TPSA) is 52.0 Å². The normalized spacial score (nSPS) is 12.3. The van der Waals surface area contributed by atoms with Crippen molar-refractivity contribution in [3.05, 3.63) is 16.4 Å². The first kappa shape index (κ1) is 15.8. The van der Waals surface area contributed by atoms with Crippen LogP contribution in [-0.2, 0) is 28.7 Å². The van der Waals surface area contributed by atoms with Crippen molar-refractivity contribution in [2.45, 2.75) is 32.7 Å². The highest BCUT2D eigenvalue weighted by molar-refractivity contribution is 7.90. The number of halogens is 2. The molecule has 4 nitrogen and oxygen atoms in total. The molecule has 1 rings (SSSR count). The van der Waals surface area contributed by atoms with Crippen LogP contribution in [0.1, 0.15) is 25.1 Å². The third kappa shape index (κ3) is 4.44. The monoisotopic (exact) mass is 312 g/mol. The minimum absolute atomic E-state index is 0.0250. The summed E-state index contributed by atoms with van der Waals surface area (Å²) in [5.74, 6) is 0.762. The van der Waals surface area contributed by atoms with Gasteiger partial charge < -0.3 is 0 Å². The predicted octanol–water partition coefficient (Wildman–Crippen LogP) is 2.52. The van der Waals surface area contributed by atoms with Crippen molar-refractivity contribution in [3.63, 3.8) is 0 Å². The third-order valence-electron chi connectivity index (χ3n) is 2.47. The van der Waals surface area contributed by atoms with Crippen LogP contribution < -0.4 is 0 Å². The Labute approximate surface area is 118 Å². The quantitative estimate of drug-likeness (QED) is 0.758. The summed E-state index contributed by atoms with van der Waals surface area (Å²) in [4.78, 5) is 0. The van der Waals surface area contributed by atoms with Crippen molar-refractivity contribution in [1.29, 1.82) is 0 Å². The van der Waals surface area contributed by atoms with Gasteiger partial charge in [-0.15, -0.1) is 11.6 Å². The number of aryl methyl sites for hydroxylation is 1. The fourth-order valence-corrected chi connectivity index (χ4v) is 2.76. The van der Waals surface area contributed by atoms with E-state index in [4.69, 9.17) is 23.2 Å². The summed E-state index contributed by atoms with van der Waals surface area (Å²) >= 11 is 12.0. The van der Waals surface area contributed by atoms with Gasteiger partial charge in [-0.05, 0) is 12.3 Å². The second-order valence-corrected chi connectivity index (χ2v) is 7.69. The Morgan fingerprint density at radius 2 is 2.00 bits per heavy atom. The summed E-state index contributed by atoms with van der Waals surface area (Å²) in [5, 5.41) is 4.81. The highest BCUT2D eigenvalue weighted by Crippen LogP contribution is 2.24. The van der Waals surface area contributed by atoms with E-state index >= 15 is 0 Å². The van der Waals surface area contributed by atoms with Crippen LogP contribution in [0.5, 0.6) is 0 Å². The highest BCUT2D eigenvalue weighted by Gasteiger charge is 2.17. The molecule has 0 spiro atoms. The molecule has 18 heavy (non-hydrogen) atoms. The van der Waals surface area contributed by atoms with Crippen molar-refractivity contribution in [2.24, 2.45) is 5.92 Å². The van der Waals surface area contributed by atoms with Crippen molar-refractivity contribution in [3.8, 4) is 0 Å². The van der Waals surface area contributed by atoms with Gasteiger partial charge in [0.1, 0.15) is 15.0 Å². The molecule has 0 saturated heterocycles. The van der Waals surface area contributed by atoms with Gasteiger partial charge in [-0.2, -0.15) is 5.10 Å².